The van der Waals surface area contributed by atoms with Crippen LogP contribution in [-0.4, -0.2) is 23.0 Å². The van der Waals surface area contributed by atoms with E-state index in [1.165, 1.54) is 18.2 Å². The van der Waals surface area contributed by atoms with E-state index in [0.29, 0.717) is 30.4 Å². The summed E-state index contributed by atoms with van der Waals surface area (Å²) in [5.74, 6) is 0.0162. The van der Waals surface area contributed by atoms with Gasteiger partial charge < -0.3 is 10.2 Å². The summed E-state index contributed by atoms with van der Waals surface area (Å²) in [4.78, 5) is 10.7. The van der Waals surface area contributed by atoms with Crippen LogP contribution in [0, 0.1) is 0 Å². The minimum atomic E-state index is -1.21. The van der Waals surface area contributed by atoms with Gasteiger partial charge in [0.25, 0.3) is 0 Å². The van der Waals surface area contributed by atoms with Crippen LogP contribution >= 0.6 is 0 Å². The van der Waals surface area contributed by atoms with Crippen LogP contribution in [0.2, 0.25) is 0 Å². The molecule has 16 heavy (non-hydrogen) atoms. The number of piperidine rings is 1. The molecule has 1 aliphatic heterocycles. The van der Waals surface area contributed by atoms with Gasteiger partial charge >= 0.3 is 0 Å². The van der Waals surface area contributed by atoms with Gasteiger partial charge in [-0.05, 0) is 44.0 Å². The summed E-state index contributed by atoms with van der Waals surface area (Å²) >= 11 is 0. The number of phenolic OH excluding ortho intramolecular Hbond substituents is 1. The second-order valence-corrected chi connectivity index (χ2v) is 4.14. The summed E-state index contributed by atoms with van der Waals surface area (Å²) < 4.78 is 0. The average Bonchev–Trinajstić information content (AvgIpc) is 2.30. The Morgan fingerprint density at radius 2 is 2.19 bits per heavy atom. The van der Waals surface area contributed by atoms with Gasteiger partial charge in [0.15, 0.2) is 0 Å². The normalized spacial score (nSPS) is 25.3. The molecule has 2 rings (SSSR count). The van der Waals surface area contributed by atoms with Crippen LogP contribution in [0.25, 0.3) is 0 Å². The van der Waals surface area contributed by atoms with Gasteiger partial charge in [-0.15, -0.1) is 0 Å². The molecule has 0 aliphatic carbocycles. The Labute approximate surface area is 93.9 Å². The number of benzene rings is 1. The van der Waals surface area contributed by atoms with E-state index in [1.54, 1.807) is 0 Å². The van der Waals surface area contributed by atoms with Gasteiger partial charge in [0.2, 0.25) is 0 Å². The van der Waals surface area contributed by atoms with Gasteiger partial charge in [-0.2, -0.15) is 0 Å². The Morgan fingerprint density at radius 3 is 2.81 bits per heavy atom. The lowest BCUT2D eigenvalue weighted by Crippen LogP contribution is -2.45. The van der Waals surface area contributed by atoms with Crippen LogP contribution in [0.4, 0.5) is 0 Å². The number of aldehydes is 1. The van der Waals surface area contributed by atoms with E-state index in [-0.39, 0.29) is 5.75 Å². The summed E-state index contributed by atoms with van der Waals surface area (Å²) in [6.45, 7) is 0.710. The first-order valence-corrected chi connectivity index (χ1v) is 5.42. The van der Waals surface area contributed by atoms with E-state index < -0.39 is 5.72 Å². The van der Waals surface area contributed by atoms with Crippen molar-refractivity contribution < 1.29 is 15.0 Å². The number of nitrogens with one attached hydrogen (secondary N) is 1. The van der Waals surface area contributed by atoms with E-state index in [9.17, 15) is 15.0 Å². The van der Waals surface area contributed by atoms with Crippen molar-refractivity contribution in [2.75, 3.05) is 6.54 Å². The summed E-state index contributed by atoms with van der Waals surface area (Å²) in [5.41, 5.74) is -0.369. The van der Waals surface area contributed by atoms with Crippen molar-refractivity contribution in [1.29, 1.82) is 0 Å². The molecular formula is C12H15NO3. The fraction of sp³-hybridized carbons (Fsp3) is 0.417. The molecule has 1 atom stereocenters. The Morgan fingerprint density at radius 1 is 1.38 bits per heavy atom. The zero-order valence-electron chi connectivity index (χ0n) is 8.94. The molecular weight excluding hydrogens is 206 g/mol. The maximum atomic E-state index is 10.7. The Bertz CT molecular complexity index is 397. The number of rotatable bonds is 2. The SMILES string of the molecule is O=Cc1ccc(O)c([C@@]2(O)CCCCN2)c1. The molecule has 4 heteroatoms. The van der Waals surface area contributed by atoms with Gasteiger partial charge in [0, 0.05) is 11.1 Å². The van der Waals surface area contributed by atoms with Crippen molar-refractivity contribution in [3.63, 3.8) is 0 Å². The molecule has 1 heterocycles. The summed E-state index contributed by atoms with van der Waals surface area (Å²) in [7, 11) is 0. The van der Waals surface area contributed by atoms with Crippen molar-refractivity contribution in [1.82, 2.24) is 5.32 Å². The van der Waals surface area contributed by atoms with E-state index in [0.717, 1.165) is 12.8 Å². The molecule has 0 saturated carbocycles. The highest BCUT2D eigenvalue weighted by atomic mass is 16.3. The number of aliphatic hydroxyl groups is 1. The standard InChI is InChI=1S/C12H15NO3/c14-8-9-3-4-11(15)10(7-9)12(16)5-1-2-6-13-12/h3-4,7-8,13,15-16H,1-2,5-6H2/t12-/m0/s1. The lowest BCUT2D eigenvalue weighted by Gasteiger charge is -2.34. The number of hydrogen-bond donors (Lipinski definition) is 3. The van der Waals surface area contributed by atoms with Gasteiger partial charge in [-0.3, -0.25) is 10.1 Å². The Kier molecular flexibility index (Phi) is 2.94. The van der Waals surface area contributed by atoms with E-state index in [4.69, 9.17) is 0 Å². The third-order valence-corrected chi connectivity index (χ3v) is 2.99. The lowest BCUT2D eigenvalue weighted by atomic mass is 9.91. The number of carbonyl (C=O) groups excluding carboxylic acids is 1. The van der Waals surface area contributed by atoms with E-state index in [2.05, 4.69) is 5.32 Å². The fourth-order valence-electron chi connectivity index (χ4n) is 2.08. The maximum Gasteiger partial charge on any atom is 0.150 e. The number of aromatic hydroxyl groups is 1. The molecule has 1 aromatic rings. The molecule has 0 amide bonds. The van der Waals surface area contributed by atoms with Crippen molar-refractivity contribution in [3.05, 3.63) is 29.3 Å². The molecule has 1 aliphatic rings. The van der Waals surface area contributed by atoms with Gasteiger partial charge in [-0.25, -0.2) is 0 Å². The molecule has 1 fully saturated rings. The number of carbonyl (C=O) groups is 1. The molecule has 0 spiro atoms. The zero-order valence-corrected chi connectivity index (χ0v) is 8.94. The number of phenols is 1. The van der Waals surface area contributed by atoms with Crippen LogP contribution in [0.3, 0.4) is 0 Å². The predicted octanol–water partition coefficient (Wildman–Crippen LogP) is 1.12. The second-order valence-electron chi connectivity index (χ2n) is 4.14. The van der Waals surface area contributed by atoms with Gasteiger partial charge in [0.1, 0.15) is 17.8 Å². The molecule has 1 saturated heterocycles. The van der Waals surface area contributed by atoms with Crippen LogP contribution in [0.15, 0.2) is 18.2 Å². The highest BCUT2D eigenvalue weighted by Gasteiger charge is 2.33. The third-order valence-electron chi connectivity index (χ3n) is 2.99. The molecule has 0 bridgehead atoms. The molecule has 0 aromatic heterocycles. The van der Waals surface area contributed by atoms with Crippen LogP contribution < -0.4 is 5.32 Å². The molecule has 0 radical (unpaired) electrons. The van der Waals surface area contributed by atoms with Crippen LogP contribution in [0.1, 0.15) is 35.2 Å². The molecule has 3 N–H and O–H groups in total. The van der Waals surface area contributed by atoms with Gasteiger partial charge in [-0.1, -0.05) is 0 Å². The third kappa shape index (κ3) is 1.94. The molecule has 86 valence electrons. The molecule has 0 unspecified atom stereocenters. The topological polar surface area (TPSA) is 69.6 Å². The highest BCUT2D eigenvalue weighted by molar-refractivity contribution is 5.75. The maximum absolute atomic E-state index is 10.7. The lowest BCUT2D eigenvalue weighted by molar-refractivity contribution is -0.0258. The summed E-state index contributed by atoms with van der Waals surface area (Å²) in [6, 6.07) is 4.49. The first-order chi connectivity index (χ1) is 7.65. The average molecular weight is 221 g/mol. The molecule has 4 nitrogen and oxygen atoms in total. The van der Waals surface area contributed by atoms with E-state index >= 15 is 0 Å². The second kappa shape index (κ2) is 4.23. The number of hydrogen-bond acceptors (Lipinski definition) is 4. The first kappa shape index (κ1) is 11.1. The van der Waals surface area contributed by atoms with Gasteiger partial charge in [0.05, 0.1) is 0 Å². The fourth-order valence-corrected chi connectivity index (χ4v) is 2.08. The summed E-state index contributed by atoms with van der Waals surface area (Å²) in [5, 5.41) is 23.1. The Hall–Kier alpha value is -1.39. The minimum Gasteiger partial charge on any atom is -0.508 e. The Balaban J connectivity index is 2.40. The van der Waals surface area contributed by atoms with Crippen molar-refractivity contribution >= 4 is 6.29 Å². The smallest absolute Gasteiger partial charge is 0.150 e. The highest BCUT2D eigenvalue weighted by Crippen LogP contribution is 2.33. The quantitative estimate of drug-likeness (QED) is 0.655. The van der Waals surface area contributed by atoms with Crippen LogP contribution in [0.5, 0.6) is 5.75 Å². The molecule has 1 aromatic carbocycles. The van der Waals surface area contributed by atoms with E-state index in [1.807, 2.05) is 0 Å². The predicted molar refractivity (Wildman–Crippen MR) is 59.2 cm³/mol. The first-order valence-electron chi connectivity index (χ1n) is 5.42. The van der Waals surface area contributed by atoms with Crippen molar-refractivity contribution in [3.8, 4) is 5.75 Å². The zero-order chi connectivity index (χ0) is 11.6. The summed E-state index contributed by atoms with van der Waals surface area (Å²) in [6.07, 6.45) is 3.16. The minimum absolute atomic E-state index is 0.0162. The monoisotopic (exact) mass is 221 g/mol. The largest absolute Gasteiger partial charge is 0.508 e. The van der Waals surface area contributed by atoms with Crippen LogP contribution in [-0.2, 0) is 5.72 Å². The van der Waals surface area contributed by atoms with Crippen molar-refractivity contribution in [2.45, 2.75) is 25.0 Å². The van der Waals surface area contributed by atoms with Crippen molar-refractivity contribution in [2.24, 2.45) is 0 Å².